The Morgan fingerprint density at radius 3 is 2.49 bits per heavy atom. The average molecular weight is 536 g/mol. The van der Waals surface area contributed by atoms with E-state index in [0.29, 0.717) is 72.6 Å². The zero-order valence-corrected chi connectivity index (χ0v) is 21.9. The first-order valence-corrected chi connectivity index (χ1v) is 13.2. The number of piperazine rings is 1. The largest absolute Gasteiger partial charge is 0.387 e. The first kappa shape index (κ1) is 25.7. The van der Waals surface area contributed by atoms with E-state index in [4.69, 9.17) is 9.97 Å². The molecular formula is C28H31F2N7O2. The van der Waals surface area contributed by atoms with Crippen molar-refractivity contribution in [2.75, 3.05) is 31.1 Å². The molecule has 39 heavy (non-hydrogen) atoms. The second kappa shape index (κ2) is 9.89. The molecule has 1 atom stereocenters. The Labute approximate surface area is 224 Å². The fourth-order valence-electron chi connectivity index (χ4n) is 4.90. The summed E-state index contributed by atoms with van der Waals surface area (Å²) in [5.41, 5.74) is 2.10. The highest BCUT2D eigenvalue weighted by Gasteiger charge is 2.29. The molecule has 1 aliphatic heterocycles. The van der Waals surface area contributed by atoms with Crippen LogP contribution in [0, 0.1) is 11.6 Å². The molecule has 0 spiro atoms. The zero-order valence-electron chi connectivity index (χ0n) is 21.9. The predicted molar refractivity (Wildman–Crippen MR) is 142 cm³/mol. The number of aromatic nitrogens is 5. The molecule has 4 heterocycles. The summed E-state index contributed by atoms with van der Waals surface area (Å²) in [6.45, 7) is 6.10. The molecule has 2 aliphatic rings. The van der Waals surface area contributed by atoms with Crippen molar-refractivity contribution in [3.63, 3.8) is 0 Å². The quantitative estimate of drug-likeness (QED) is 0.370. The number of anilines is 1. The Bertz CT molecular complexity index is 1510. The van der Waals surface area contributed by atoms with Crippen molar-refractivity contribution >= 4 is 16.9 Å². The number of pyridine rings is 1. The molecule has 3 aromatic heterocycles. The van der Waals surface area contributed by atoms with Gasteiger partial charge in [-0.05, 0) is 38.8 Å². The summed E-state index contributed by atoms with van der Waals surface area (Å²) < 4.78 is 29.5. The van der Waals surface area contributed by atoms with Gasteiger partial charge in [-0.2, -0.15) is 5.10 Å². The van der Waals surface area contributed by atoms with E-state index in [1.807, 2.05) is 10.9 Å². The summed E-state index contributed by atoms with van der Waals surface area (Å²) in [4.78, 5) is 18.5. The Kier molecular flexibility index (Phi) is 6.52. The lowest BCUT2D eigenvalue weighted by Gasteiger charge is -2.36. The molecule has 0 unspecified atom stereocenters. The van der Waals surface area contributed by atoms with Gasteiger partial charge in [0.25, 0.3) is 0 Å². The van der Waals surface area contributed by atoms with Crippen molar-refractivity contribution in [2.24, 2.45) is 0 Å². The van der Waals surface area contributed by atoms with Crippen LogP contribution in [-0.4, -0.2) is 71.6 Å². The first-order chi connectivity index (χ1) is 18.7. The molecular weight excluding hydrogens is 504 g/mol. The molecule has 204 valence electrons. The molecule has 0 amide bonds. The third kappa shape index (κ3) is 5.34. The number of rotatable bonds is 7. The smallest absolute Gasteiger partial charge is 0.156 e. The lowest BCUT2D eigenvalue weighted by Crippen LogP contribution is -2.46. The fraction of sp³-hybridized carbons (Fsp3) is 0.429. The lowest BCUT2D eigenvalue weighted by atomic mass is 9.98. The third-order valence-corrected chi connectivity index (χ3v) is 7.38. The van der Waals surface area contributed by atoms with Gasteiger partial charge in [0, 0.05) is 56.1 Å². The van der Waals surface area contributed by atoms with Crippen LogP contribution < -0.4 is 4.90 Å². The van der Waals surface area contributed by atoms with E-state index in [0.717, 1.165) is 24.5 Å². The van der Waals surface area contributed by atoms with E-state index in [1.54, 1.807) is 18.5 Å². The minimum atomic E-state index is -1.36. The first-order valence-electron chi connectivity index (χ1n) is 13.2. The van der Waals surface area contributed by atoms with Gasteiger partial charge in [-0.25, -0.2) is 18.7 Å². The Hall–Kier alpha value is -3.54. The molecule has 1 aromatic carbocycles. The van der Waals surface area contributed by atoms with E-state index in [-0.39, 0.29) is 0 Å². The molecule has 2 N–H and O–H groups in total. The maximum atomic E-state index is 14.2. The van der Waals surface area contributed by atoms with E-state index in [2.05, 4.69) is 19.9 Å². The predicted octanol–water partition coefficient (Wildman–Crippen LogP) is 3.63. The van der Waals surface area contributed by atoms with Gasteiger partial charge in [0.1, 0.15) is 28.9 Å². The van der Waals surface area contributed by atoms with E-state index < -0.39 is 23.3 Å². The molecule has 11 heteroatoms. The van der Waals surface area contributed by atoms with E-state index >= 15 is 0 Å². The van der Waals surface area contributed by atoms with Crippen LogP contribution in [0.5, 0.6) is 0 Å². The average Bonchev–Trinajstić information content (AvgIpc) is 3.65. The SMILES string of the molecule is CC(C)(O)[C@H](O)c1cc2nc(-c3cnn(C4CC4)c3)c(N3CCN(Cc4ccc(F)cc4F)CC3)nc2cn1. The number of benzene rings is 1. The maximum Gasteiger partial charge on any atom is 0.156 e. The molecule has 2 fully saturated rings. The summed E-state index contributed by atoms with van der Waals surface area (Å²) in [5.74, 6) is -0.401. The summed E-state index contributed by atoms with van der Waals surface area (Å²) in [5, 5.41) is 25.4. The Balaban J connectivity index is 1.30. The van der Waals surface area contributed by atoms with Gasteiger partial charge in [-0.1, -0.05) is 6.07 Å². The van der Waals surface area contributed by atoms with Gasteiger partial charge in [0.15, 0.2) is 5.82 Å². The van der Waals surface area contributed by atoms with Gasteiger partial charge < -0.3 is 15.1 Å². The topological polar surface area (TPSA) is 103 Å². The maximum absolute atomic E-state index is 14.2. The van der Waals surface area contributed by atoms with Crippen molar-refractivity contribution in [3.05, 3.63) is 65.7 Å². The standard InChI is InChI=1S/C28H31F2N7O2/c1-28(2,39)26(38)23-12-22-24(14-31-23)34-27(25(33-22)18-13-32-37(16-18)20-5-6-20)36-9-7-35(8-10-36)15-17-3-4-19(29)11-21(17)30/h3-4,11-14,16,20,26,38-39H,5-10,15H2,1-2H3/t26-/m1/s1. The third-order valence-electron chi connectivity index (χ3n) is 7.38. The molecule has 6 rings (SSSR count). The van der Waals surface area contributed by atoms with Crippen LogP contribution in [-0.2, 0) is 6.54 Å². The highest BCUT2D eigenvalue weighted by Crippen LogP contribution is 2.37. The van der Waals surface area contributed by atoms with Crippen LogP contribution in [0.2, 0.25) is 0 Å². The van der Waals surface area contributed by atoms with Crippen molar-refractivity contribution in [1.82, 2.24) is 29.6 Å². The van der Waals surface area contributed by atoms with Crippen LogP contribution in [0.3, 0.4) is 0 Å². The number of hydrogen-bond donors (Lipinski definition) is 2. The second-order valence-electron chi connectivity index (χ2n) is 11.0. The van der Waals surface area contributed by atoms with Crippen molar-refractivity contribution in [2.45, 2.75) is 51.0 Å². The number of aliphatic hydroxyl groups excluding tert-OH is 1. The number of halogens is 2. The Morgan fingerprint density at radius 2 is 1.79 bits per heavy atom. The van der Waals surface area contributed by atoms with Crippen LogP contribution in [0.4, 0.5) is 14.6 Å². The van der Waals surface area contributed by atoms with Crippen LogP contribution in [0.1, 0.15) is 50.1 Å². The van der Waals surface area contributed by atoms with Gasteiger partial charge in [0.05, 0.1) is 35.2 Å². The number of nitrogens with zero attached hydrogens (tertiary/aromatic N) is 7. The van der Waals surface area contributed by atoms with Crippen molar-refractivity contribution < 1.29 is 19.0 Å². The molecule has 1 saturated heterocycles. The molecule has 1 saturated carbocycles. The van der Waals surface area contributed by atoms with Gasteiger partial charge in [-0.3, -0.25) is 14.6 Å². The number of fused-ring (bicyclic) bond motifs is 1. The summed E-state index contributed by atoms with van der Waals surface area (Å²) >= 11 is 0. The zero-order chi connectivity index (χ0) is 27.3. The minimum Gasteiger partial charge on any atom is -0.387 e. The van der Waals surface area contributed by atoms with Crippen molar-refractivity contribution in [3.8, 4) is 11.3 Å². The highest BCUT2D eigenvalue weighted by molar-refractivity contribution is 5.83. The Morgan fingerprint density at radius 1 is 1.03 bits per heavy atom. The second-order valence-corrected chi connectivity index (χ2v) is 11.0. The van der Waals surface area contributed by atoms with Gasteiger partial charge >= 0.3 is 0 Å². The van der Waals surface area contributed by atoms with E-state index in [9.17, 15) is 19.0 Å². The van der Waals surface area contributed by atoms with Gasteiger partial charge in [0.2, 0.25) is 0 Å². The van der Waals surface area contributed by atoms with Crippen molar-refractivity contribution in [1.29, 1.82) is 0 Å². The highest BCUT2D eigenvalue weighted by atomic mass is 19.1. The van der Waals surface area contributed by atoms with E-state index in [1.165, 1.54) is 26.0 Å². The molecule has 0 bridgehead atoms. The van der Waals surface area contributed by atoms with Gasteiger partial charge in [-0.15, -0.1) is 0 Å². The summed E-state index contributed by atoms with van der Waals surface area (Å²) in [7, 11) is 0. The monoisotopic (exact) mass is 535 g/mol. The number of aliphatic hydroxyl groups is 2. The number of hydrogen-bond acceptors (Lipinski definition) is 8. The molecule has 9 nitrogen and oxygen atoms in total. The normalized spacial score (nSPS) is 17.6. The fourth-order valence-corrected chi connectivity index (χ4v) is 4.90. The van der Waals surface area contributed by atoms with Crippen LogP contribution in [0.25, 0.3) is 22.3 Å². The molecule has 0 radical (unpaired) electrons. The molecule has 4 aromatic rings. The lowest BCUT2D eigenvalue weighted by molar-refractivity contribution is -0.0516. The summed E-state index contributed by atoms with van der Waals surface area (Å²) in [6.07, 6.45) is 6.41. The van der Waals surface area contributed by atoms with Crippen LogP contribution in [0.15, 0.2) is 42.9 Å². The summed E-state index contributed by atoms with van der Waals surface area (Å²) in [6, 6.07) is 5.79. The molecule has 1 aliphatic carbocycles. The minimum absolute atomic E-state index is 0.318. The van der Waals surface area contributed by atoms with Crippen LogP contribution >= 0.6 is 0 Å².